The third-order valence-electron chi connectivity index (χ3n) is 2.20. The van der Waals surface area contributed by atoms with E-state index in [0.717, 1.165) is 5.01 Å². The second-order valence-corrected chi connectivity index (χ2v) is 5.66. The summed E-state index contributed by atoms with van der Waals surface area (Å²) in [6.07, 6.45) is 1.48. The fourth-order valence-corrected chi connectivity index (χ4v) is 1.87. The van der Waals surface area contributed by atoms with Crippen LogP contribution in [0.5, 0.6) is 0 Å². The zero-order valence-electron chi connectivity index (χ0n) is 10.3. The molecule has 2 N–H and O–H groups in total. The molecule has 1 heterocycles. The highest BCUT2D eigenvalue weighted by molar-refractivity contribution is 7.13. The first kappa shape index (κ1) is 13.6. The summed E-state index contributed by atoms with van der Waals surface area (Å²) in [5, 5.41) is 12.2. The maximum absolute atomic E-state index is 11.8. The summed E-state index contributed by atoms with van der Waals surface area (Å²) >= 11 is 1.29. The van der Waals surface area contributed by atoms with Crippen molar-refractivity contribution >= 4 is 23.2 Å². The van der Waals surface area contributed by atoms with Crippen molar-refractivity contribution in [3.05, 3.63) is 16.1 Å². The van der Waals surface area contributed by atoms with Gasteiger partial charge in [0, 0.05) is 5.92 Å². The van der Waals surface area contributed by atoms with Crippen molar-refractivity contribution in [3.8, 4) is 0 Å². The zero-order chi connectivity index (χ0) is 13.2. The Morgan fingerprint density at radius 1 is 1.47 bits per heavy atom. The van der Waals surface area contributed by atoms with Crippen molar-refractivity contribution in [2.24, 2.45) is 0 Å². The Morgan fingerprint density at radius 3 is 2.47 bits per heavy atom. The maximum atomic E-state index is 11.8. The predicted molar refractivity (Wildman–Crippen MR) is 65.4 cm³/mol. The highest BCUT2D eigenvalue weighted by Gasteiger charge is 2.30. The Bertz CT molecular complexity index is 438. The molecule has 6 heteroatoms. The smallest absolute Gasteiger partial charge is 0.328 e. The van der Waals surface area contributed by atoms with Gasteiger partial charge < -0.3 is 10.4 Å². The van der Waals surface area contributed by atoms with Crippen LogP contribution in [0.1, 0.15) is 48.3 Å². The highest BCUT2D eigenvalue weighted by Crippen LogP contribution is 2.21. The quantitative estimate of drug-likeness (QED) is 0.861. The lowest BCUT2D eigenvalue weighted by atomic mass is 10.1. The summed E-state index contributed by atoms with van der Waals surface area (Å²) in [7, 11) is 0. The molecule has 0 saturated heterocycles. The molecule has 0 radical (unpaired) electrons. The van der Waals surface area contributed by atoms with E-state index in [1.165, 1.54) is 31.4 Å². The molecule has 0 saturated carbocycles. The van der Waals surface area contributed by atoms with Crippen LogP contribution in [-0.2, 0) is 4.79 Å². The van der Waals surface area contributed by atoms with Crippen molar-refractivity contribution in [1.29, 1.82) is 0 Å². The van der Waals surface area contributed by atoms with Gasteiger partial charge in [0.1, 0.15) is 10.4 Å². The van der Waals surface area contributed by atoms with Crippen LogP contribution >= 0.6 is 11.3 Å². The number of amides is 1. The molecule has 1 aromatic rings. The van der Waals surface area contributed by atoms with Gasteiger partial charge in [0.15, 0.2) is 0 Å². The van der Waals surface area contributed by atoms with E-state index in [2.05, 4.69) is 10.3 Å². The normalized spacial score (nSPS) is 11.6. The van der Waals surface area contributed by atoms with Gasteiger partial charge in [-0.2, -0.15) is 0 Å². The molecule has 0 bridgehead atoms. The van der Waals surface area contributed by atoms with E-state index in [9.17, 15) is 9.59 Å². The Kier molecular flexibility index (Phi) is 3.87. The number of nitrogens with one attached hydrogen (secondary N) is 1. The number of hydrogen-bond acceptors (Lipinski definition) is 4. The largest absolute Gasteiger partial charge is 0.480 e. The molecule has 0 aromatic carbocycles. The Hall–Kier alpha value is -1.43. The molecule has 0 aliphatic rings. The van der Waals surface area contributed by atoms with E-state index in [0.29, 0.717) is 4.88 Å². The van der Waals surface area contributed by atoms with Gasteiger partial charge in [-0.1, -0.05) is 13.8 Å². The van der Waals surface area contributed by atoms with E-state index in [-0.39, 0.29) is 5.92 Å². The van der Waals surface area contributed by atoms with Gasteiger partial charge in [-0.15, -0.1) is 11.3 Å². The van der Waals surface area contributed by atoms with Gasteiger partial charge in [0.2, 0.25) is 0 Å². The lowest BCUT2D eigenvalue weighted by Crippen LogP contribution is -2.49. The van der Waals surface area contributed by atoms with Crippen molar-refractivity contribution in [1.82, 2.24) is 10.3 Å². The predicted octanol–water partition coefficient (Wildman–Crippen LogP) is 1.86. The highest BCUT2D eigenvalue weighted by atomic mass is 32.1. The zero-order valence-corrected chi connectivity index (χ0v) is 11.1. The average Bonchev–Trinajstić information content (AvgIpc) is 2.65. The first-order chi connectivity index (χ1) is 7.74. The number of nitrogens with zero attached hydrogens (tertiary/aromatic N) is 1. The van der Waals surface area contributed by atoms with Crippen molar-refractivity contribution < 1.29 is 14.7 Å². The molecule has 0 aliphatic heterocycles. The fourth-order valence-electron chi connectivity index (χ4n) is 1.06. The molecule has 1 aromatic heterocycles. The van der Waals surface area contributed by atoms with E-state index in [4.69, 9.17) is 5.11 Å². The molecule has 5 nitrogen and oxygen atoms in total. The number of carboxylic acid groups (broad SMARTS) is 1. The SMILES string of the molecule is CC(C)c1ncc(C(=O)NC(C)(C)C(=O)O)s1. The lowest BCUT2D eigenvalue weighted by molar-refractivity contribution is -0.143. The maximum Gasteiger partial charge on any atom is 0.328 e. The number of hydrogen-bond donors (Lipinski definition) is 2. The van der Waals surface area contributed by atoms with Crippen molar-refractivity contribution in [3.63, 3.8) is 0 Å². The van der Waals surface area contributed by atoms with Crippen LogP contribution in [0.15, 0.2) is 6.20 Å². The van der Waals surface area contributed by atoms with Gasteiger partial charge in [0.05, 0.1) is 11.2 Å². The molecular formula is C11H16N2O3S. The van der Waals surface area contributed by atoms with Crippen molar-refractivity contribution in [2.75, 3.05) is 0 Å². The van der Waals surface area contributed by atoms with Crippen LogP contribution in [0.2, 0.25) is 0 Å². The average molecular weight is 256 g/mol. The number of thiazole rings is 1. The first-order valence-electron chi connectivity index (χ1n) is 5.25. The second-order valence-electron chi connectivity index (χ2n) is 4.60. The molecule has 1 rings (SSSR count). The topological polar surface area (TPSA) is 79.3 Å². The van der Waals surface area contributed by atoms with E-state index >= 15 is 0 Å². The minimum Gasteiger partial charge on any atom is -0.480 e. The number of rotatable bonds is 4. The van der Waals surface area contributed by atoms with Gasteiger partial charge in [-0.05, 0) is 13.8 Å². The number of carbonyl (C=O) groups is 2. The van der Waals surface area contributed by atoms with Gasteiger partial charge in [-0.3, -0.25) is 4.79 Å². The molecule has 17 heavy (non-hydrogen) atoms. The number of carboxylic acids is 1. The lowest BCUT2D eigenvalue weighted by Gasteiger charge is -2.20. The summed E-state index contributed by atoms with van der Waals surface area (Å²) in [6.45, 7) is 6.86. The molecular weight excluding hydrogens is 240 g/mol. The van der Waals surface area contributed by atoms with Crippen LogP contribution in [0, 0.1) is 0 Å². The van der Waals surface area contributed by atoms with Crippen molar-refractivity contribution in [2.45, 2.75) is 39.2 Å². The third-order valence-corrected chi connectivity index (χ3v) is 3.50. The molecule has 1 amide bonds. The molecule has 0 spiro atoms. The molecule has 0 atom stereocenters. The minimum absolute atomic E-state index is 0.258. The molecule has 0 aliphatic carbocycles. The van der Waals surface area contributed by atoms with Crippen LogP contribution in [0.25, 0.3) is 0 Å². The monoisotopic (exact) mass is 256 g/mol. The van der Waals surface area contributed by atoms with E-state index < -0.39 is 17.4 Å². The van der Waals surface area contributed by atoms with Gasteiger partial charge >= 0.3 is 5.97 Å². The van der Waals surface area contributed by atoms with Crippen LogP contribution in [0.4, 0.5) is 0 Å². The number of aliphatic carboxylic acids is 1. The summed E-state index contributed by atoms with van der Waals surface area (Å²) in [6, 6.07) is 0. The summed E-state index contributed by atoms with van der Waals surface area (Å²) in [5.74, 6) is -1.21. The summed E-state index contributed by atoms with van der Waals surface area (Å²) in [4.78, 5) is 27.2. The second kappa shape index (κ2) is 4.83. The fraction of sp³-hybridized carbons (Fsp3) is 0.545. The van der Waals surface area contributed by atoms with E-state index in [1.807, 2.05) is 13.8 Å². The number of aromatic nitrogens is 1. The summed E-state index contributed by atoms with van der Waals surface area (Å²) < 4.78 is 0. The van der Waals surface area contributed by atoms with Crippen LogP contribution in [-0.4, -0.2) is 27.5 Å². The van der Waals surface area contributed by atoms with Crippen LogP contribution < -0.4 is 5.32 Å². The standard InChI is InChI=1S/C11H16N2O3S/c1-6(2)9-12-5-7(17-9)8(14)13-11(3,4)10(15)16/h5-6H,1-4H3,(H,13,14)(H,15,16). The Morgan fingerprint density at radius 2 is 2.06 bits per heavy atom. The minimum atomic E-state index is -1.28. The van der Waals surface area contributed by atoms with Gasteiger partial charge in [0.25, 0.3) is 5.91 Å². The molecule has 0 fully saturated rings. The Labute approximate surface area is 104 Å². The summed E-state index contributed by atoms with van der Waals surface area (Å²) in [5.41, 5.74) is -1.28. The molecule has 94 valence electrons. The van der Waals surface area contributed by atoms with E-state index in [1.54, 1.807) is 0 Å². The first-order valence-corrected chi connectivity index (χ1v) is 6.07. The third kappa shape index (κ3) is 3.26. The number of carbonyl (C=O) groups excluding carboxylic acids is 1. The van der Waals surface area contributed by atoms with Crippen LogP contribution in [0.3, 0.4) is 0 Å². The molecule has 0 unspecified atom stereocenters. The van der Waals surface area contributed by atoms with Gasteiger partial charge in [-0.25, -0.2) is 9.78 Å². The Balaban J connectivity index is 2.80.